The molecular formula is C18H30N3O3+. The Labute approximate surface area is 144 Å². The molecule has 0 atom stereocenters. The Morgan fingerprint density at radius 2 is 1.62 bits per heavy atom. The summed E-state index contributed by atoms with van der Waals surface area (Å²) in [5.41, 5.74) is 1.79. The lowest BCUT2D eigenvalue weighted by Crippen LogP contribution is -3.04. The van der Waals surface area contributed by atoms with Gasteiger partial charge >= 0.3 is 6.09 Å². The summed E-state index contributed by atoms with van der Waals surface area (Å²) >= 11 is 0. The number of alkyl carbamates (subject to hydrolysis) is 1. The fourth-order valence-corrected chi connectivity index (χ4v) is 2.06. The lowest BCUT2D eigenvalue weighted by Gasteiger charge is -2.19. The highest BCUT2D eigenvalue weighted by Gasteiger charge is 2.15. The van der Waals surface area contributed by atoms with E-state index in [1.54, 1.807) is 20.8 Å². The summed E-state index contributed by atoms with van der Waals surface area (Å²) < 4.78 is 5.10. The predicted molar refractivity (Wildman–Crippen MR) is 93.7 cm³/mol. The van der Waals surface area contributed by atoms with E-state index in [4.69, 9.17) is 4.74 Å². The maximum atomic E-state index is 11.8. The van der Waals surface area contributed by atoms with Crippen LogP contribution < -0.4 is 15.5 Å². The van der Waals surface area contributed by atoms with E-state index in [2.05, 4.69) is 36.9 Å². The molecule has 0 saturated carbocycles. The molecule has 1 rings (SSSR count). The van der Waals surface area contributed by atoms with E-state index in [1.165, 1.54) is 10.5 Å². The van der Waals surface area contributed by atoms with Gasteiger partial charge in [0, 0.05) is 25.1 Å². The van der Waals surface area contributed by atoms with Crippen molar-refractivity contribution in [3.63, 3.8) is 0 Å². The molecule has 6 nitrogen and oxygen atoms in total. The van der Waals surface area contributed by atoms with Crippen LogP contribution in [0.1, 0.15) is 38.3 Å². The molecule has 0 radical (unpaired) electrons. The third-order valence-corrected chi connectivity index (χ3v) is 3.09. The van der Waals surface area contributed by atoms with Gasteiger partial charge in [-0.05, 0) is 26.3 Å². The molecule has 0 aliphatic carbocycles. The fraction of sp³-hybridized carbons (Fsp3) is 0.556. The number of hydrogen-bond acceptors (Lipinski definition) is 3. The summed E-state index contributed by atoms with van der Waals surface area (Å²) in [5, 5.41) is 5.41. The molecule has 1 aromatic rings. The average Bonchev–Trinajstić information content (AvgIpc) is 2.44. The van der Waals surface area contributed by atoms with Crippen LogP contribution in [0, 0.1) is 0 Å². The zero-order chi connectivity index (χ0) is 18.2. The van der Waals surface area contributed by atoms with E-state index in [0.717, 1.165) is 12.1 Å². The highest BCUT2D eigenvalue weighted by molar-refractivity contribution is 5.77. The molecule has 0 aromatic heterocycles. The second-order valence-corrected chi connectivity index (χ2v) is 7.16. The van der Waals surface area contributed by atoms with E-state index in [0.29, 0.717) is 6.54 Å². The Kier molecular flexibility index (Phi) is 7.71. The number of benzene rings is 1. The van der Waals surface area contributed by atoms with Gasteiger partial charge in [0.2, 0.25) is 5.91 Å². The molecule has 0 spiro atoms. The smallest absolute Gasteiger partial charge is 0.407 e. The van der Waals surface area contributed by atoms with Crippen molar-refractivity contribution in [2.75, 3.05) is 20.6 Å². The average molecular weight is 336 g/mol. The Balaban J connectivity index is 2.25. The molecule has 24 heavy (non-hydrogen) atoms. The van der Waals surface area contributed by atoms with Gasteiger partial charge in [-0.1, -0.05) is 24.3 Å². The van der Waals surface area contributed by atoms with Crippen LogP contribution in [0.3, 0.4) is 0 Å². The van der Waals surface area contributed by atoms with Gasteiger partial charge in [0.05, 0.1) is 14.1 Å². The quantitative estimate of drug-likeness (QED) is 0.692. The Bertz CT molecular complexity index is 533. The number of hydrogen-bond donors (Lipinski definition) is 3. The van der Waals surface area contributed by atoms with Crippen molar-refractivity contribution in [3.05, 3.63) is 35.4 Å². The SMILES string of the molecule is C[NH+](C)Cc1ccc(CNC(=O)CCNC(=O)OC(C)(C)C)cc1. The van der Waals surface area contributed by atoms with Crippen LogP contribution in [-0.2, 0) is 22.6 Å². The number of amides is 2. The Hall–Kier alpha value is -2.08. The number of carbonyl (C=O) groups is 2. The van der Waals surface area contributed by atoms with E-state index in [1.807, 2.05) is 12.1 Å². The lowest BCUT2D eigenvalue weighted by atomic mass is 10.1. The summed E-state index contributed by atoms with van der Waals surface area (Å²) in [4.78, 5) is 24.6. The summed E-state index contributed by atoms with van der Waals surface area (Å²) in [6.45, 7) is 7.11. The second-order valence-electron chi connectivity index (χ2n) is 7.16. The van der Waals surface area contributed by atoms with Gasteiger partial charge in [0.25, 0.3) is 0 Å². The summed E-state index contributed by atoms with van der Waals surface area (Å²) in [7, 11) is 4.22. The van der Waals surface area contributed by atoms with Gasteiger partial charge < -0.3 is 20.3 Å². The number of rotatable bonds is 7. The van der Waals surface area contributed by atoms with E-state index >= 15 is 0 Å². The van der Waals surface area contributed by atoms with Gasteiger partial charge in [-0.15, -0.1) is 0 Å². The summed E-state index contributed by atoms with van der Waals surface area (Å²) in [6, 6.07) is 8.21. The monoisotopic (exact) mass is 336 g/mol. The van der Waals surface area contributed by atoms with Crippen molar-refractivity contribution in [2.24, 2.45) is 0 Å². The van der Waals surface area contributed by atoms with Crippen molar-refractivity contribution < 1.29 is 19.2 Å². The van der Waals surface area contributed by atoms with E-state index in [-0.39, 0.29) is 18.9 Å². The van der Waals surface area contributed by atoms with Crippen molar-refractivity contribution in [1.29, 1.82) is 0 Å². The molecule has 0 fully saturated rings. The molecule has 0 aliphatic rings. The number of nitrogens with one attached hydrogen (secondary N) is 3. The third kappa shape index (κ3) is 9.15. The van der Waals surface area contributed by atoms with Crippen molar-refractivity contribution in [3.8, 4) is 0 Å². The molecule has 1 aromatic carbocycles. The van der Waals surface area contributed by atoms with Crippen LogP contribution >= 0.6 is 0 Å². The van der Waals surface area contributed by atoms with Crippen LogP contribution in [-0.4, -0.2) is 38.2 Å². The highest BCUT2D eigenvalue weighted by atomic mass is 16.6. The molecule has 0 aliphatic heterocycles. The minimum absolute atomic E-state index is 0.104. The minimum Gasteiger partial charge on any atom is -0.444 e. The number of carbonyl (C=O) groups excluding carboxylic acids is 2. The van der Waals surface area contributed by atoms with Crippen LogP contribution in [0.5, 0.6) is 0 Å². The van der Waals surface area contributed by atoms with Gasteiger partial charge in [-0.3, -0.25) is 4.79 Å². The van der Waals surface area contributed by atoms with Crippen molar-refractivity contribution in [2.45, 2.75) is 45.9 Å². The molecule has 6 heteroatoms. The Morgan fingerprint density at radius 3 is 2.17 bits per heavy atom. The summed E-state index contributed by atoms with van der Waals surface area (Å²) in [5.74, 6) is -0.104. The zero-order valence-corrected chi connectivity index (χ0v) is 15.4. The molecule has 134 valence electrons. The van der Waals surface area contributed by atoms with Gasteiger partial charge in [0.15, 0.2) is 0 Å². The molecule has 2 amide bonds. The van der Waals surface area contributed by atoms with Crippen molar-refractivity contribution in [1.82, 2.24) is 10.6 Å². The number of ether oxygens (including phenoxy) is 1. The van der Waals surface area contributed by atoms with Gasteiger partial charge in [-0.2, -0.15) is 0 Å². The predicted octanol–water partition coefficient (Wildman–Crippen LogP) is 0.862. The maximum Gasteiger partial charge on any atom is 0.407 e. The molecule has 3 N–H and O–H groups in total. The number of quaternary nitrogens is 1. The molecule has 0 unspecified atom stereocenters. The largest absolute Gasteiger partial charge is 0.444 e. The minimum atomic E-state index is -0.535. The van der Waals surface area contributed by atoms with Gasteiger partial charge in [-0.25, -0.2) is 4.79 Å². The standard InChI is InChI=1S/C18H29N3O3/c1-18(2,3)24-17(23)19-11-10-16(22)20-12-14-6-8-15(9-7-14)13-21(4)5/h6-9H,10-13H2,1-5H3,(H,19,23)(H,20,22)/p+1. The van der Waals surface area contributed by atoms with Crippen LogP contribution in [0.2, 0.25) is 0 Å². The maximum absolute atomic E-state index is 11.8. The zero-order valence-electron chi connectivity index (χ0n) is 15.4. The van der Waals surface area contributed by atoms with Crippen LogP contribution in [0.15, 0.2) is 24.3 Å². The topological polar surface area (TPSA) is 71.9 Å². The highest BCUT2D eigenvalue weighted by Crippen LogP contribution is 2.06. The van der Waals surface area contributed by atoms with Gasteiger partial charge in [0.1, 0.15) is 12.1 Å². The first-order valence-electron chi connectivity index (χ1n) is 8.26. The first kappa shape index (κ1) is 20.0. The first-order chi connectivity index (χ1) is 11.2. The van der Waals surface area contributed by atoms with Crippen LogP contribution in [0.25, 0.3) is 0 Å². The van der Waals surface area contributed by atoms with E-state index in [9.17, 15) is 9.59 Å². The van der Waals surface area contributed by atoms with Crippen LogP contribution in [0.4, 0.5) is 4.79 Å². The second kappa shape index (κ2) is 9.27. The first-order valence-corrected chi connectivity index (χ1v) is 8.26. The molecule has 0 heterocycles. The molecule has 0 saturated heterocycles. The normalized spacial score (nSPS) is 11.2. The van der Waals surface area contributed by atoms with E-state index < -0.39 is 11.7 Å². The third-order valence-electron chi connectivity index (χ3n) is 3.09. The fourth-order valence-electron chi connectivity index (χ4n) is 2.06. The lowest BCUT2D eigenvalue weighted by molar-refractivity contribution is -0.872. The van der Waals surface area contributed by atoms with Crippen molar-refractivity contribution >= 4 is 12.0 Å². The molecular weight excluding hydrogens is 306 g/mol. The Morgan fingerprint density at radius 1 is 1.04 bits per heavy atom. The summed E-state index contributed by atoms with van der Waals surface area (Å²) in [6.07, 6.45) is -0.282. The molecule has 0 bridgehead atoms.